The molecule has 8 heteroatoms. The summed E-state index contributed by atoms with van der Waals surface area (Å²) >= 11 is 0. The van der Waals surface area contributed by atoms with Gasteiger partial charge in [0.25, 0.3) is 5.91 Å². The largest absolute Gasteiger partial charge is 0.497 e. The molecule has 0 spiro atoms. The fourth-order valence-corrected chi connectivity index (χ4v) is 4.36. The highest BCUT2D eigenvalue weighted by Crippen LogP contribution is 2.24. The number of carbonyl (C=O) groups is 1. The van der Waals surface area contributed by atoms with Gasteiger partial charge in [-0.25, -0.2) is 13.1 Å². The fourth-order valence-electron chi connectivity index (χ4n) is 3.32. The Labute approximate surface area is 179 Å². The number of likely N-dealkylation sites (N-methyl/N-ethyl adjacent to an activating group) is 1. The van der Waals surface area contributed by atoms with E-state index in [0.717, 1.165) is 24.4 Å². The van der Waals surface area contributed by atoms with Crippen LogP contribution in [0.1, 0.15) is 42.7 Å². The minimum absolute atomic E-state index is 0.00699. The number of amides is 1. The van der Waals surface area contributed by atoms with E-state index in [1.165, 1.54) is 24.3 Å². The minimum Gasteiger partial charge on any atom is -0.497 e. The van der Waals surface area contributed by atoms with Gasteiger partial charge in [0, 0.05) is 18.7 Å². The molecule has 2 aromatic rings. The van der Waals surface area contributed by atoms with Gasteiger partial charge in [-0.1, -0.05) is 32.9 Å². The molecule has 0 saturated carbocycles. The Bertz CT molecular complexity index is 926. The van der Waals surface area contributed by atoms with E-state index in [9.17, 15) is 13.2 Å². The van der Waals surface area contributed by atoms with Crippen molar-refractivity contribution in [1.82, 2.24) is 14.9 Å². The van der Waals surface area contributed by atoms with Crippen molar-refractivity contribution in [2.75, 3.05) is 33.3 Å². The third-order valence-corrected chi connectivity index (χ3v) is 6.51. The highest BCUT2D eigenvalue weighted by molar-refractivity contribution is 7.89. The number of methoxy groups -OCH3 is 1. The topological polar surface area (TPSA) is 87.7 Å². The SMILES string of the molecule is CCNS(=O)(=O)c1ccc(C(=O)NCC(c2cccc(OC)c2)N(CC)CC)cc1. The molecule has 0 aromatic heterocycles. The first-order valence-electron chi connectivity index (χ1n) is 10.1. The van der Waals surface area contributed by atoms with Crippen molar-refractivity contribution in [2.24, 2.45) is 0 Å². The lowest BCUT2D eigenvalue weighted by Crippen LogP contribution is -2.38. The maximum Gasteiger partial charge on any atom is 0.251 e. The number of carbonyl (C=O) groups excluding carboxylic acids is 1. The lowest BCUT2D eigenvalue weighted by Gasteiger charge is -2.30. The molecule has 1 atom stereocenters. The zero-order valence-corrected chi connectivity index (χ0v) is 18.8. The van der Waals surface area contributed by atoms with Gasteiger partial charge in [-0.3, -0.25) is 9.69 Å². The molecule has 0 fully saturated rings. The molecule has 30 heavy (non-hydrogen) atoms. The zero-order chi connectivity index (χ0) is 22.1. The Hall–Kier alpha value is -2.42. The molecule has 164 valence electrons. The fraction of sp³-hybridized carbons (Fsp3) is 0.409. The zero-order valence-electron chi connectivity index (χ0n) is 18.0. The van der Waals surface area contributed by atoms with E-state index in [0.29, 0.717) is 18.7 Å². The molecule has 1 unspecified atom stereocenters. The molecular formula is C22H31N3O4S. The summed E-state index contributed by atoms with van der Waals surface area (Å²) < 4.78 is 31.9. The Morgan fingerprint density at radius 2 is 1.73 bits per heavy atom. The van der Waals surface area contributed by atoms with E-state index in [1.54, 1.807) is 14.0 Å². The van der Waals surface area contributed by atoms with Gasteiger partial charge in [0.1, 0.15) is 5.75 Å². The van der Waals surface area contributed by atoms with Crippen LogP contribution in [-0.2, 0) is 10.0 Å². The van der Waals surface area contributed by atoms with Crippen molar-refractivity contribution in [1.29, 1.82) is 0 Å². The lowest BCUT2D eigenvalue weighted by molar-refractivity contribution is 0.0935. The third-order valence-electron chi connectivity index (χ3n) is 4.95. The molecule has 2 rings (SSSR count). The van der Waals surface area contributed by atoms with Crippen LogP contribution < -0.4 is 14.8 Å². The average molecular weight is 434 g/mol. The molecular weight excluding hydrogens is 402 g/mol. The second kappa shape index (κ2) is 11.1. The average Bonchev–Trinajstić information content (AvgIpc) is 2.76. The van der Waals surface area contributed by atoms with Gasteiger partial charge in [0.2, 0.25) is 10.0 Å². The second-order valence-corrected chi connectivity index (χ2v) is 8.52. The van der Waals surface area contributed by atoms with Crippen LogP contribution in [0.3, 0.4) is 0 Å². The maximum absolute atomic E-state index is 12.7. The van der Waals surface area contributed by atoms with Crippen LogP contribution >= 0.6 is 0 Å². The van der Waals surface area contributed by atoms with Crippen molar-refractivity contribution >= 4 is 15.9 Å². The van der Waals surface area contributed by atoms with Crippen molar-refractivity contribution < 1.29 is 17.9 Å². The van der Waals surface area contributed by atoms with Crippen molar-refractivity contribution in [3.8, 4) is 5.75 Å². The molecule has 0 radical (unpaired) electrons. The summed E-state index contributed by atoms with van der Waals surface area (Å²) in [6.45, 7) is 8.29. The highest BCUT2D eigenvalue weighted by Gasteiger charge is 2.20. The van der Waals surface area contributed by atoms with E-state index < -0.39 is 10.0 Å². The molecule has 0 bridgehead atoms. The predicted octanol–water partition coefficient (Wildman–Crippen LogP) is 2.81. The first-order chi connectivity index (χ1) is 14.4. The van der Waals surface area contributed by atoms with E-state index >= 15 is 0 Å². The quantitative estimate of drug-likeness (QED) is 0.569. The van der Waals surface area contributed by atoms with Crippen LogP contribution in [0.5, 0.6) is 5.75 Å². The summed E-state index contributed by atoms with van der Waals surface area (Å²) in [5, 5.41) is 2.98. The van der Waals surface area contributed by atoms with Crippen LogP contribution in [0.25, 0.3) is 0 Å². The summed E-state index contributed by atoms with van der Waals surface area (Å²) in [6, 6.07) is 13.8. The van der Waals surface area contributed by atoms with Crippen molar-refractivity contribution in [3.63, 3.8) is 0 Å². The van der Waals surface area contributed by atoms with Crippen molar-refractivity contribution in [2.45, 2.75) is 31.7 Å². The molecule has 0 aliphatic heterocycles. The number of hydrogen-bond acceptors (Lipinski definition) is 5. The number of sulfonamides is 1. The third kappa shape index (κ3) is 6.04. The summed E-state index contributed by atoms with van der Waals surface area (Å²) in [4.78, 5) is 15.1. The van der Waals surface area contributed by atoms with E-state index in [2.05, 4.69) is 28.8 Å². The Morgan fingerprint density at radius 3 is 2.30 bits per heavy atom. The lowest BCUT2D eigenvalue weighted by atomic mass is 10.0. The molecule has 0 heterocycles. The number of nitrogens with one attached hydrogen (secondary N) is 2. The Kier molecular flexibility index (Phi) is 8.83. The van der Waals surface area contributed by atoms with E-state index in [4.69, 9.17) is 4.74 Å². The maximum atomic E-state index is 12.7. The number of hydrogen-bond donors (Lipinski definition) is 2. The van der Waals surface area contributed by atoms with Crippen LogP contribution in [0, 0.1) is 0 Å². The minimum atomic E-state index is -3.54. The van der Waals surface area contributed by atoms with Gasteiger partial charge in [0.05, 0.1) is 18.0 Å². The Balaban J connectivity index is 2.15. The normalized spacial score (nSPS) is 12.6. The highest BCUT2D eigenvalue weighted by atomic mass is 32.2. The first-order valence-corrected chi connectivity index (χ1v) is 11.6. The summed E-state index contributed by atoms with van der Waals surface area (Å²) in [5.41, 5.74) is 1.47. The first kappa shape index (κ1) is 23.9. The number of benzene rings is 2. The number of ether oxygens (including phenoxy) is 1. The van der Waals surface area contributed by atoms with Gasteiger partial charge >= 0.3 is 0 Å². The van der Waals surface area contributed by atoms with Crippen LogP contribution in [0.15, 0.2) is 53.4 Å². The second-order valence-electron chi connectivity index (χ2n) is 6.75. The summed E-state index contributed by atoms with van der Waals surface area (Å²) in [7, 11) is -1.91. The molecule has 0 saturated heterocycles. The van der Waals surface area contributed by atoms with Gasteiger partial charge in [-0.2, -0.15) is 0 Å². The van der Waals surface area contributed by atoms with Gasteiger partial charge < -0.3 is 10.1 Å². The van der Waals surface area contributed by atoms with Crippen LogP contribution in [0.4, 0.5) is 0 Å². The van der Waals surface area contributed by atoms with Crippen LogP contribution in [0.2, 0.25) is 0 Å². The molecule has 2 N–H and O–H groups in total. The van der Waals surface area contributed by atoms with Crippen LogP contribution in [-0.4, -0.2) is 52.5 Å². The molecule has 2 aromatic carbocycles. The summed E-state index contributed by atoms with van der Waals surface area (Å²) in [5.74, 6) is 0.524. The monoisotopic (exact) mass is 433 g/mol. The van der Waals surface area contributed by atoms with E-state index in [-0.39, 0.29) is 16.8 Å². The van der Waals surface area contributed by atoms with Gasteiger partial charge in [0.15, 0.2) is 0 Å². The molecule has 0 aliphatic carbocycles. The molecule has 0 aliphatic rings. The predicted molar refractivity (Wildman–Crippen MR) is 118 cm³/mol. The molecule has 7 nitrogen and oxygen atoms in total. The standard InChI is InChI=1S/C22H31N3O4S/c1-5-24-30(27,28)20-13-11-17(12-14-20)22(26)23-16-21(25(6-2)7-3)18-9-8-10-19(15-18)29-4/h8-15,21,24H,5-7,16H2,1-4H3,(H,23,26). The number of nitrogens with zero attached hydrogens (tertiary/aromatic N) is 1. The Morgan fingerprint density at radius 1 is 1.07 bits per heavy atom. The van der Waals surface area contributed by atoms with E-state index in [1.807, 2.05) is 24.3 Å². The summed E-state index contributed by atoms with van der Waals surface area (Å²) in [6.07, 6.45) is 0. The van der Waals surface area contributed by atoms with Gasteiger partial charge in [-0.15, -0.1) is 0 Å². The molecule has 1 amide bonds. The number of rotatable bonds is 11. The van der Waals surface area contributed by atoms with Crippen molar-refractivity contribution in [3.05, 3.63) is 59.7 Å². The smallest absolute Gasteiger partial charge is 0.251 e. The van der Waals surface area contributed by atoms with Gasteiger partial charge in [-0.05, 0) is 55.1 Å².